The van der Waals surface area contributed by atoms with Crippen LogP contribution in [0.3, 0.4) is 0 Å². The van der Waals surface area contributed by atoms with Gasteiger partial charge in [-0.15, -0.1) is 0 Å². The molecule has 0 aromatic heterocycles. The molecule has 23 heavy (non-hydrogen) atoms. The predicted octanol–water partition coefficient (Wildman–Crippen LogP) is 5.02. The number of hydrogen-bond donors (Lipinski definition) is 2. The van der Waals surface area contributed by atoms with Crippen LogP contribution in [0.4, 0.5) is 0 Å². The van der Waals surface area contributed by atoms with Crippen LogP contribution in [0.25, 0.3) is 0 Å². The highest BCUT2D eigenvalue weighted by Crippen LogP contribution is 2.49. The van der Waals surface area contributed by atoms with E-state index in [2.05, 4.69) is 57.7 Å². The Bertz CT molecular complexity index is 672. The van der Waals surface area contributed by atoms with Crippen LogP contribution in [0.15, 0.2) is 42.5 Å². The average molecular weight is 348 g/mol. The van der Waals surface area contributed by atoms with Crippen LogP contribution in [0.1, 0.15) is 43.6 Å². The van der Waals surface area contributed by atoms with E-state index >= 15 is 0 Å². The molecule has 0 aliphatic carbocycles. The molecule has 2 aromatic carbocycles. The Hall–Kier alpha value is -1.18. The topological polar surface area (TPSA) is 29.5 Å². The van der Waals surface area contributed by atoms with Crippen LogP contribution in [0, 0.1) is 0 Å². The number of phenolic OH excluding ortho intramolecular Hbond substituents is 1. The lowest BCUT2D eigenvalue weighted by Crippen LogP contribution is -2.20. The summed E-state index contributed by atoms with van der Waals surface area (Å²) in [6, 6.07) is 14.2. The summed E-state index contributed by atoms with van der Waals surface area (Å²) in [5.41, 5.74) is 2.20. The smallest absolute Gasteiger partial charge is 0.161 e. The number of para-hydroxylation sites is 1. The zero-order valence-corrected chi connectivity index (χ0v) is 16.0. The molecule has 0 amide bonds. The van der Waals surface area contributed by atoms with Gasteiger partial charge in [0.2, 0.25) is 0 Å². The number of aromatic hydroxyl groups is 1. The second kappa shape index (κ2) is 7.59. The molecule has 2 nitrogen and oxygen atoms in total. The minimum Gasteiger partial charge on any atom is -0.504 e. The third-order valence-corrected chi connectivity index (χ3v) is 6.52. The molecule has 2 aromatic rings. The van der Waals surface area contributed by atoms with Gasteiger partial charge in [0.1, 0.15) is 0 Å². The van der Waals surface area contributed by atoms with E-state index in [9.17, 15) is 5.11 Å². The largest absolute Gasteiger partial charge is 0.504 e. The number of benzene rings is 2. The fourth-order valence-electron chi connectivity index (χ4n) is 2.75. The highest BCUT2D eigenvalue weighted by atomic mass is 32.1. The summed E-state index contributed by atoms with van der Waals surface area (Å²) in [5, 5.41) is 11.9. The first-order valence-corrected chi connectivity index (χ1v) is 9.36. The van der Waals surface area contributed by atoms with E-state index in [1.54, 1.807) is 13.2 Å². The van der Waals surface area contributed by atoms with E-state index in [0.717, 1.165) is 12.0 Å². The van der Waals surface area contributed by atoms with E-state index in [4.69, 9.17) is 4.74 Å². The van der Waals surface area contributed by atoms with Crippen molar-refractivity contribution in [1.82, 2.24) is 0 Å². The molecule has 0 aliphatic rings. The first-order chi connectivity index (χ1) is 10.9. The maximum atomic E-state index is 10.6. The molecular formula is C19H25O2PS. The Balaban J connectivity index is 2.47. The molecule has 0 bridgehead atoms. The standard InChI is InChI=1S/C19H25O2PS/c1-5-19(3,15-10-8-11-16(21-4)18(15)20)22-17-12-7-6-9-14(17)13(2)23/h6-13,20,22-23H,5H2,1-4H3. The van der Waals surface area contributed by atoms with Gasteiger partial charge in [-0.1, -0.05) is 58.8 Å². The van der Waals surface area contributed by atoms with Crippen molar-refractivity contribution in [3.63, 3.8) is 0 Å². The second-order valence-electron chi connectivity index (χ2n) is 5.93. The van der Waals surface area contributed by atoms with Gasteiger partial charge in [0.25, 0.3) is 0 Å². The Morgan fingerprint density at radius 3 is 2.52 bits per heavy atom. The van der Waals surface area contributed by atoms with Gasteiger partial charge >= 0.3 is 0 Å². The monoisotopic (exact) mass is 348 g/mol. The van der Waals surface area contributed by atoms with Crippen molar-refractivity contribution in [2.24, 2.45) is 0 Å². The Morgan fingerprint density at radius 2 is 1.91 bits per heavy atom. The fraction of sp³-hybridized carbons (Fsp3) is 0.368. The second-order valence-corrected chi connectivity index (χ2v) is 8.60. The van der Waals surface area contributed by atoms with E-state index < -0.39 is 0 Å². The summed E-state index contributed by atoms with van der Waals surface area (Å²) in [4.78, 5) is 0. The number of methoxy groups -OCH3 is 1. The van der Waals surface area contributed by atoms with Crippen LogP contribution >= 0.6 is 21.2 Å². The highest BCUT2D eigenvalue weighted by molar-refractivity contribution is 7.80. The van der Waals surface area contributed by atoms with Crippen LogP contribution in [-0.2, 0) is 5.16 Å². The normalized spacial score (nSPS) is 15.5. The summed E-state index contributed by atoms with van der Waals surface area (Å²) in [5.74, 6) is 0.783. The molecular weight excluding hydrogens is 323 g/mol. The van der Waals surface area contributed by atoms with Crippen molar-refractivity contribution in [1.29, 1.82) is 0 Å². The molecule has 2 rings (SSSR count). The molecule has 0 saturated heterocycles. The van der Waals surface area contributed by atoms with E-state index in [0.29, 0.717) is 14.3 Å². The Kier molecular flexibility index (Phi) is 6.00. The molecule has 124 valence electrons. The quantitative estimate of drug-likeness (QED) is 0.567. The molecule has 0 radical (unpaired) electrons. The van der Waals surface area contributed by atoms with Crippen molar-refractivity contribution in [3.05, 3.63) is 53.6 Å². The predicted molar refractivity (Wildman–Crippen MR) is 104 cm³/mol. The lowest BCUT2D eigenvalue weighted by molar-refractivity contribution is 0.367. The molecule has 0 aliphatic heterocycles. The van der Waals surface area contributed by atoms with E-state index in [1.807, 2.05) is 12.1 Å². The average Bonchev–Trinajstić information content (AvgIpc) is 2.55. The van der Waals surface area contributed by atoms with Gasteiger partial charge < -0.3 is 9.84 Å². The van der Waals surface area contributed by atoms with Gasteiger partial charge in [0.15, 0.2) is 11.5 Å². The first-order valence-electron chi connectivity index (χ1n) is 7.84. The number of phenols is 1. The van der Waals surface area contributed by atoms with Gasteiger partial charge in [-0.25, -0.2) is 0 Å². The van der Waals surface area contributed by atoms with Crippen molar-refractivity contribution >= 4 is 26.5 Å². The number of ether oxygens (including phenoxy) is 1. The van der Waals surface area contributed by atoms with Gasteiger partial charge in [0.05, 0.1) is 7.11 Å². The summed E-state index contributed by atoms with van der Waals surface area (Å²) >= 11 is 4.61. The molecule has 0 heterocycles. The highest BCUT2D eigenvalue weighted by Gasteiger charge is 2.30. The molecule has 0 saturated carbocycles. The maximum absolute atomic E-state index is 10.6. The van der Waals surface area contributed by atoms with Crippen LogP contribution in [0.5, 0.6) is 11.5 Å². The first kappa shape index (κ1) is 18.2. The minimum absolute atomic E-state index is 0.141. The van der Waals surface area contributed by atoms with E-state index in [-0.39, 0.29) is 16.2 Å². The van der Waals surface area contributed by atoms with Crippen molar-refractivity contribution in [2.45, 2.75) is 37.6 Å². The third-order valence-electron chi connectivity index (χ3n) is 4.34. The molecule has 1 N–H and O–H groups in total. The van der Waals surface area contributed by atoms with Gasteiger partial charge in [0, 0.05) is 16.0 Å². The fourth-order valence-corrected chi connectivity index (χ4v) is 4.83. The van der Waals surface area contributed by atoms with Gasteiger partial charge in [-0.2, -0.15) is 12.6 Å². The number of thiol groups is 1. The van der Waals surface area contributed by atoms with Crippen LogP contribution in [-0.4, -0.2) is 12.2 Å². The van der Waals surface area contributed by atoms with Crippen molar-refractivity contribution in [2.75, 3.05) is 7.11 Å². The lowest BCUT2D eigenvalue weighted by atomic mass is 9.96. The Morgan fingerprint density at radius 1 is 1.22 bits per heavy atom. The maximum Gasteiger partial charge on any atom is 0.161 e. The summed E-state index contributed by atoms with van der Waals surface area (Å²) in [6.45, 7) is 6.47. The van der Waals surface area contributed by atoms with Crippen LogP contribution in [0.2, 0.25) is 0 Å². The van der Waals surface area contributed by atoms with Gasteiger partial charge in [-0.3, -0.25) is 0 Å². The lowest BCUT2D eigenvalue weighted by Gasteiger charge is -2.31. The number of rotatable bonds is 6. The van der Waals surface area contributed by atoms with Crippen LogP contribution < -0.4 is 10.0 Å². The molecule has 0 fully saturated rings. The zero-order chi connectivity index (χ0) is 17.0. The Labute approximate surface area is 146 Å². The summed E-state index contributed by atoms with van der Waals surface area (Å²) in [6.07, 6.45) is 0.932. The summed E-state index contributed by atoms with van der Waals surface area (Å²) < 4.78 is 5.28. The van der Waals surface area contributed by atoms with Gasteiger partial charge in [-0.05, 0) is 30.3 Å². The molecule has 3 atom stereocenters. The third kappa shape index (κ3) is 3.84. The minimum atomic E-state index is -0.141. The molecule has 0 spiro atoms. The molecule has 3 unspecified atom stereocenters. The molecule has 4 heteroatoms. The summed E-state index contributed by atoms with van der Waals surface area (Å²) in [7, 11) is 2.13. The van der Waals surface area contributed by atoms with Crippen molar-refractivity contribution in [3.8, 4) is 11.5 Å². The zero-order valence-electron chi connectivity index (χ0n) is 14.1. The van der Waals surface area contributed by atoms with E-state index in [1.165, 1.54) is 10.9 Å². The number of hydrogen-bond acceptors (Lipinski definition) is 3. The SMILES string of the molecule is CCC(C)(Pc1ccccc1C(C)S)c1cccc(OC)c1O. The van der Waals surface area contributed by atoms with Crippen molar-refractivity contribution < 1.29 is 9.84 Å².